The van der Waals surface area contributed by atoms with Crippen LogP contribution in [0.1, 0.15) is 37.1 Å². The molecule has 0 bridgehead atoms. The van der Waals surface area contributed by atoms with Crippen molar-refractivity contribution in [2.24, 2.45) is 0 Å². The highest BCUT2D eigenvalue weighted by atomic mass is 35.5. The SMILES string of the molecule is CC(C)(c1ccc(Cl)c(OC(=O)C(F)(F)F)c1)c1cnc(SCc2c(F)cc(S(=O)(=O)NCCC[N+](C)(C)C)cc2F)n1-c1ccc(F)cc1. The number of ether oxygens (including phenoxy) is 1. The number of hydrogen-bond donors (Lipinski definition) is 1. The van der Waals surface area contributed by atoms with Crippen molar-refractivity contribution in [1.82, 2.24) is 14.3 Å². The average Bonchev–Trinajstić information content (AvgIpc) is 3.44. The zero-order chi connectivity index (χ0) is 37.2. The minimum Gasteiger partial charge on any atom is -0.418 e. The van der Waals surface area contributed by atoms with Gasteiger partial charge in [0.05, 0.1) is 49.5 Å². The van der Waals surface area contributed by atoms with Crippen LogP contribution in [-0.4, -0.2) is 68.8 Å². The number of nitrogens with one attached hydrogen (secondary N) is 1. The van der Waals surface area contributed by atoms with Crippen molar-refractivity contribution in [2.75, 3.05) is 34.2 Å². The first-order valence-electron chi connectivity index (χ1n) is 14.9. The Morgan fingerprint density at radius 1 is 1.00 bits per heavy atom. The number of imidazole rings is 1. The maximum Gasteiger partial charge on any atom is 0.491 e. The quantitative estimate of drug-likeness (QED) is 0.0382. The van der Waals surface area contributed by atoms with Gasteiger partial charge in [-0.1, -0.05) is 43.3 Å². The summed E-state index contributed by atoms with van der Waals surface area (Å²) in [6.45, 7) is 4.16. The summed E-state index contributed by atoms with van der Waals surface area (Å²) in [5, 5.41) is -0.0456. The van der Waals surface area contributed by atoms with Gasteiger partial charge in [-0.2, -0.15) is 13.2 Å². The van der Waals surface area contributed by atoms with Gasteiger partial charge in [-0.15, -0.1) is 0 Å². The van der Waals surface area contributed by atoms with Crippen LogP contribution in [0.5, 0.6) is 5.75 Å². The highest BCUT2D eigenvalue weighted by Crippen LogP contribution is 2.40. The Morgan fingerprint density at radius 3 is 2.20 bits per heavy atom. The highest BCUT2D eigenvalue weighted by molar-refractivity contribution is 7.98. The van der Waals surface area contributed by atoms with Gasteiger partial charge in [0.1, 0.15) is 23.2 Å². The molecule has 17 heteroatoms. The van der Waals surface area contributed by atoms with E-state index in [0.717, 1.165) is 23.9 Å². The number of carbonyl (C=O) groups excluding carboxylic acids is 1. The Hall–Kier alpha value is -3.57. The zero-order valence-electron chi connectivity index (χ0n) is 27.5. The summed E-state index contributed by atoms with van der Waals surface area (Å²) < 4.78 is 118. The molecular formula is C33H34ClF6N4O4S2+. The molecule has 4 aromatic rings. The number of carbonyl (C=O) groups is 1. The van der Waals surface area contributed by atoms with Crippen LogP contribution in [0.4, 0.5) is 26.3 Å². The largest absolute Gasteiger partial charge is 0.491 e. The van der Waals surface area contributed by atoms with Crippen LogP contribution >= 0.6 is 23.4 Å². The van der Waals surface area contributed by atoms with Gasteiger partial charge in [0.15, 0.2) is 5.16 Å². The van der Waals surface area contributed by atoms with Gasteiger partial charge in [0, 0.05) is 35.4 Å². The van der Waals surface area contributed by atoms with Crippen LogP contribution < -0.4 is 9.46 Å². The molecule has 0 aliphatic rings. The molecule has 1 heterocycles. The number of quaternary nitrogens is 1. The molecule has 0 aliphatic carbocycles. The summed E-state index contributed by atoms with van der Waals surface area (Å²) in [6.07, 6.45) is -3.32. The van der Waals surface area contributed by atoms with Gasteiger partial charge in [-0.05, 0) is 54.1 Å². The second-order valence-corrected chi connectivity index (χ2v) is 15.9. The molecular weight excluding hydrogens is 730 g/mol. The third-order valence-electron chi connectivity index (χ3n) is 7.61. The molecule has 0 fully saturated rings. The molecule has 270 valence electrons. The Kier molecular flexibility index (Phi) is 11.7. The topological polar surface area (TPSA) is 90.3 Å². The van der Waals surface area contributed by atoms with Crippen LogP contribution in [0.3, 0.4) is 0 Å². The van der Waals surface area contributed by atoms with Gasteiger partial charge < -0.3 is 9.22 Å². The van der Waals surface area contributed by atoms with E-state index in [1.807, 2.05) is 21.1 Å². The molecule has 0 saturated heterocycles. The fourth-order valence-electron chi connectivity index (χ4n) is 4.85. The van der Waals surface area contributed by atoms with Gasteiger partial charge >= 0.3 is 12.1 Å². The van der Waals surface area contributed by atoms with E-state index in [4.69, 9.17) is 11.6 Å². The lowest BCUT2D eigenvalue weighted by Crippen LogP contribution is -2.37. The number of aromatic nitrogens is 2. The summed E-state index contributed by atoms with van der Waals surface area (Å²) in [5.41, 5.74) is -0.337. The number of thioether (sulfide) groups is 1. The predicted molar refractivity (Wildman–Crippen MR) is 177 cm³/mol. The second-order valence-electron chi connectivity index (χ2n) is 12.8. The van der Waals surface area contributed by atoms with E-state index in [1.54, 1.807) is 18.4 Å². The molecule has 0 atom stereocenters. The van der Waals surface area contributed by atoms with E-state index in [2.05, 4.69) is 14.4 Å². The fraction of sp³-hybridized carbons (Fsp3) is 0.333. The zero-order valence-corrected chi connectivity index (χ0v) is 29.9. The van der Waals surface area contributed by atoms with Crippen molar-refractivity contribution >= 4 is 39.4 Å². The summed E-state index contributed by atoms with van der Waals surface area (Å²) in [6, 6.07) is 10.7. The first-order chi connectivity index (χ1) is 23.1. The van der Waals surface area contributed by atoms with Crippen molar-refractivity contribution < 1.29 is 48.8 Å². The fourth-order valence-corrected chi connectivity index (χ4v) is 7.11. The number of hydrogen-bond acceptors (Lipinski definition) is 6. The first-order valence-corrected chi connectivity index (χ1v) is 17.8. The molecule has 1 N–H and O–H groups in total. The molecule has 8 nitrogen and oxygen atoms in total. The number of rotatable bonds is 13. The van der Waals surface area contributed by atoms with E-state index in [9.17, 15) is 30.8 Å². The molecule has 50 heavy (non-hydrogen) atoms. The molecule has 0 amide bonds. The minimum absolute atomic E-state index is 0.0828. The van der Waals surface area contributed by atoms with E-state index in [0.29, 0.717) is 34.4 Å². The lowest BCUT2D eigenvalue weighted by atomic mass is 9.81. The van der Waals surface area contributed by atoms with Gasteiger partial charge in [0.25, 0.3) is 0 Å². The molecule has 0 unspecified atom stereocenters. The number of halogens is 7. The maximum atomic E-state index is 15.3. The van der Waals surface area contributed by atoms with E-state index < -0.39 is 61.2 Å². The van der Waals surface area contributed by atoms with Crippen LogP contribution in [-0.2, 0) is 26.0 Å². The molecule has 0 aliphatic heterocycles. The van der Waals surface area contributed by atoms with Gasteiger partial charge in [-0.3, -0.25) is 4.57 Å². The summed E-state index contributed by atoms with van der Waals surface area (Å²) in [7, 11) is 1.65. The average molecular weight is 764 g/mol. The van der Waals surface area contributed by atoms with Crippen LogP contribution in [0.25, 0.3) is 5.69 Å². The maximum absolute atomic E-state index is 15.3. The number of sulfonamides is 1. The van der Waals surface area contributed by atoms with Crippen molar-refractivity contribution in [1.29, 1.82) is 0 Å². The number of benzene rings is 3. The Labute approximate surface area is 295 Å². The summed E-state index contributed by atoms with van der Waals surface area (Å²) in [5.74, 6) is -6.04. The normalized spacial score (nSPS) is 12.7. The van der Waals surface area contributed by atoms with Gasteiger partial charge in [0.2, 0.25) is 10.0 Å². The van der Waals surface area contributed by atoms with Gasteiger partial charge in [-0.25, -0.2) is 36.1 Å². The molecule has 0 radical (unpaired) electrons. The lowest BCUT2D eigenvalue weighted by Gasteiger charge is -2.28. The van der Waals surface area contributed by atoms with Crippen molar-refractivity contribution in [3.8, 4) is 11.4 Å². The number of esters is 1. The minimum atomic E-state index is -5.27. The highest BCUT2D eigenvalue weighted by Gasteiger charge is 2.42. The van der Waals surface area contributed by atoms with Crippen LogP contribution in [0, 0.1) is 17.5 Å². The molecule has 3 aromatic carbocycles. The first kappa shape index (κ1) is 39.2. The van der Waals surface area contributed by atoms with E-state index in [-0.39, 0.29) is 22.5 Å². The third-order valence-corrected chi connectivity index (χ3v) is 10.3. The Morgan fingerprint density at radius 2 is 1.62 bits per heavy atom. The summed E-state index contributed by atoms with van der Waals surface area (Å²) >= 11 is 6.94. The molecule has 0 saturated carbocycles. The molecule has 0 spiro atoms. The van der Waals surface area contributed by atoms with Crippen molar-refractivity contribution in [2.45, 2.75) is 47.7 Å². The third kappa shape index (κ3) is 9.40. The summed E-state index contributed by atoms with van der Waals surface area (Å²) in [4.78, 5) is 15.4. The Bertz CT molecular complexity index is 1960. The van der Waals surface area contributed by atoms with Crippen molar-refractivity contribution in [3.05, 3.63) is 100 Å². The smallest absolute Gasteiger partial charge is 0.418 e. The lowest BCUT2D eigenvalue weighted by molar-refractivity contribution is -0.870. The van der Waals surface area contributed by atoms with Crippen LogP contribution in [0.2, 0.25) is 5.02 Å². The van der Waals surface area contributed by atoms with E-state index >= 15 is 8.78 Å². The number of nitrogens with zero attached hydrogens (tertiary/aromatic N) is 3. The monoisotopic (exact) mass is 763 g/mol. The number of alkyl halides is 3. The second kappa shape index (κ2) is 15.0. The Balaban J connectivity index is 1.66. The standard InChI is InChI=1S/C33H34ClF6N4O4S2/c1-32(2,20-7-12-25(34)28(15-20)48-30(45)33(38,39)40)29-18-41-31(43(29)22-10-8-21(35)9-11-22)49-19-24-26(36)16-23(17-27(24)37)50(46,47)42-13-6-14-44(3,4)5/h7-12,15-18,42H,6,13-14,19H2,1-5H3/q+1. The predicted octanol–water partition coefficient (Wildman–Crippen LogP) is 7.40. The van der Waals surface area contributed by atoms with Crippen LogP contribution in [0.15, 0.2) is 70.8 Å². The molecule has 1 aromatic heterocycles. The van der Waals surface area contributed by atoms with Crippen molar-refractivity contribution in [3.63, 3.8) is 0 Å². The van der Waals surface area contributed by atoms with E-state index in [1.165, 1.54) is 48.7 Å². The molecule has 4 rings (SSSR count).